The van der Waals surface area contributed by atoms with Crippen LogP contribution in [0.1, 0.15) is 51.3 Å². The molecule has 1 amide bonds. The lowest BCUT2D eigenvalue weighted by molar-refractivity contribution is -0.119. The molecule has 20 heavy (non-hydrogen) atoms. The first-order valence-corrected chi connectivity index (χ1v) is 7.40. The van der Waals surface area contributed by atoms with Crippen molar-refractivity contribution in [1.82, 2.24) is 14.9 Å². The van der Waals surface area contributed by atoms with Gasteiger partial charge in [0.15, 0.2) is 0 Å². The van der Waals surface area contributed by atoms with Crippen LogP contribution in [-0.2, 0) is 29.7 Å². The van der Waals surface area contributed by atoms with Crippen LogP contribution >= 0.6 is 0 Å². The van der Waals surface area contributed by atoms with E-state index < -0.39 is 0 Å². The van der Waals surface area contributed by atoms with Crippen molar-refractivity contribution < 1.29 is 4.79 Å². The van der Waals surface area contributed by atoms with Gasteiger partial charge in [-0.3, -0.25) is 4.79 Å². The molecule has 0 aromatic carbocycles. The second kappa shape index (κ2) is 5.56. The lowest BCUT2D eigenvalue weighted by atomic mass is 9.97. The number of amides is 1. The van der Waals surface area contributed by atoms with E-state index in [0.29, 0.717) is 12.3 Å². The third-order valence-corrected chi connectivity index (χ3v) is 3.76. The number of hydrogen-bond acceptors (Lipinski definition) is 3. The molecule has 0 aliphatic carbocycles. The van der Waals surface area contributed by atoms with E-state index in [9.17, 15) is 4.79 Å². The van der Waals surface area contributed by atoms with Crippen LogP contribution in [0.5, 0.6) is 0 Å². The van der Waals surface area contributed by atoms with Gasteiger partial charge in [-0.2, -0.15) is 0 Å². The molecule has 2 heterocycles. The number of aromatic nitrogens is 2. The van der Waals surface area contributed by atoms with Crippen LogP contribution in [0.4, 0.5) is 0 Å². The molecule has 0 saturated heterocycles. The van der Waals surface area contributed by atoms with Gasteiger partial charge in [0.05, 0.1) is 5.69 Å². The summed E-state index contributed by atoms with van der Waals surface area (Å²) in [5.74, 6) is 1.36. The first-order chi connectivity index (χ1) is 9.31. The number of nitrogens with zero attached hydrogens (tertiary/aromatic N) is 2. The van der Waals surface area contributed by atoms with Gasteiger partial charge in [0.2, 0.25) is 5.91 Å². The Balaban J connectivity index is 2.47. The summed E-state index contributed by atoms with van der Waals surface area (Å²) in [4.78, 5) is 16.2. The quantitative estimate of drug-likeness (QED) is 0.853. The van der Waals surface area contributed by atoms with Crippen molar-refractivity contribution in [2.24, 2.45) is 11.7 Å². The van der Waals surface area contributed by atoms with E-state index in [2.05, 4.69) is 37.6 Å². The summed E-state index contributed by atoms with van der Waals surface area (Å²) in [5.41, 5.74) is 7.51. The molecule has 2 rings (SSSR count). The molecule has 0 bridgehead atoms. The molecule has 1 aliphatic heterocycles. The van der Waals surface area contributed by atoms with E-state index >= 15 is 0 Å². The third-order valence-electron chi connectivity index (χ3n) is 3.76. The highest BCUT2D eigenvalue weighted by atomic mass is 16.1. The normalized spacial score (nSPS) is 15.4. The lowest BCUT2D eigenvalue weighted by Crippen LogP contribution is -2.36. The number of hydrogen-bond donors (Lipinski definition) is 2. The number of rotatable bonds is 5. The van der Waals surface area contributed by atoms with Crippen LogP contribution in [-0.4, -0.2) is 22.0 Å². The summed E-state index contributed by atoms with van der Waals surface area (Å²) < 4.78 is 2.27. The lowest BCUT2D eigenvalue weighted by Gasteiger charge is -2.31. The van der Waals surface area contributed by atoms with Crippen LogP contribution < -0.4 is 11.1 Å². The Morgan fingerprint density at radius 2 is 2.20 bits per heavy atom. The number of imidazole rings is 1. The fourth-order valence-corrected chi connectivity index (χ4v) is 3.09. The Hall–Kier alpha value is -1.36. The highest BCUT2D eigenvalue weighted by molar-refractivity contribution is 5.74. The largest absolute Gasteiger partial charge is 0.370 e. The van der Waals surface area contributed by atoms with Gasteiger partial charge in [-0.05, 0) is 19.8 Å². The Morgan fingerprint density at radius 3 is 2.80 bits per heavy atom. The molecule has 5 heteroatoms. The van der Waals surface area contributed by atoms with Crippen LogP contribution in [0.3, 0.4) is 0 Å². The molecule has 0 fully saturated rings. The standard InChI is InChI=1S/C15H26N4O/c1-10(2)7-14-18-11-9-17-6-5-12(11)19(14)15(3,4)8-13(16)20/h10,17H,5-9H2,1-4H3,(H2,16,20). The molecule has 5 nitrogen and oxygen atoms in total. The van der Waals surface area contributed by atoms with Gasteiger partial charge in [-0.1, -0.05) is 13.8 Å². The number of carbonyl (C=O) groups is 1. The van der Waals surface area contributed by atoms with Crippen molar-refractivity contribution in [1.29, 1.82) is 0 Å². The van der Waals surface area contributed by atoms with Gasteiger partial charge in [0.25, 0.3) is 0 Å². The zero-order chi connectivity index (χ0) is 14.9. The van der Waals surface area contributed by atoms with Crippen LogP contribution in [0.2, 0.25) is 0 Å². The summed E-state index contributed by atoms with van der Waals surface area (Å²) >= 11 is 0. The average Bonchev–Trinajstić information content (AvgIpc) is 2.64. The van der Waals surface area contributed by atoms with Gasteiger partial charge in [0, 0.05) is 43.6 Å². The zero-order valence-corrected chi connectivity index (χ0v) is 13.0. The predicted octanol–water partition coefficient (Wildman–Crippen LogP) is 1.34. The molecule has 3 N–H and O–H groups in total. The number of carbonyl (C=O) groups excluding carboxylic acids is 1. The molecule has 0 spiro atoms. The number of nitrogens with one attached hydrogen (secondary N) is 1. The average molecular weight is 278 g/mol. The molecular formula is C15H26N4O. The van der Waals surface area contributed by atoms with E-state index in [4.69, 9.17) is 10.7 Å². The van der Waals surface area contributed by atoms with E-state index in [-0.39, 0.29) is 11.4 Å². The molecule has 1 aromatic rings. The first kappa shape index (κ1) is 15.0. The third kappa shape index (κ3) is 3.03. The van der Waals surface area contributed by atoms with Crippen molar-refractivity contribution >= 4 is 5.91 Å². The predicted molar refractivity (Wildman–Crippen MR) is 79.3 cm³/mol. The topological polar surface area (TPSA) is 72.9 Å². The minimum Gasteiger partial charge on any atom is -0.370 e. The molecule has 112 valence electrons. The van der Waals surface area contributed by atoms with Crippen LogP contribution in [0.15, 0.2) is 0 Å². The molecule has 0 radical (unpaired) electrons. The van der Waals surface area contributed by atoms with Crippen molar-refractivity contribution in [3.8, 4) is 0 Å². The summed E-state index contributed by atoms with van der Waals surface area (Å²) in [6.07, 6.45) is 2.23. The number of fused-ring (bicyclic) bond motifs is 1. The van der Waals surface area contributed by atoms with Crippen molar-refractivity contribution in [3.63, 3.8) is 0 Å². The number of primary amides is 1. The Kier molecular flexibility index (Phi) is 4.18. The summed E-state index contributed by atoms with van der Waals surface area (Å²) in [6, 6.07) is 0. The van der Waals surface area contributed by atoms with Crippen molar-refractivity contribution in [2.45, 2.75) is 59.0 Å². The summed E-state index contributed by atoms with van der Waals surface area (Å²) in [7, 11) is 0. The highest BCUT2D eigenvalue weighted by Gasteiger charge is 2.31. The zero-order valence-electron chi connectivity index (χ0n) is 13.0. The smallest absolute Gasteiger partial charge is 0.219 e. The fraction of sp³-hybridized carbons (Fsp3) is 0.733. The molecule has 0 saturated carbocycles. The van der Waals surface area contributed by atoms with Crippen molar-refractivity contribution in [3.05, 3.63) is 17.2 Å². The second-order valence-corrected chi connectivity index (χ2v) is 6.74. The van der Waals surface area contributed by atoms with Gasteiger partial charge in [-0.25, -0.2) is 4.98 Å². The van der Waals surface area contributed by atoms with Gasteiger partial charge < -0.3 is 15.6 Å². The Bertz CT molecular complexity index is 502. The van der Waals surface area contributed by atoms with Gasteiger partial charge >= 0.3 is 0 Å². The highest BCUT2D eigenvalue weighted by Crippen LogP contribution is 2.29. The maximum absolute atomic E-state index is 11.4. The van der Waals surface area contributed by atoms with Crippen LogP contribution in [0, 0.1) is 5.92 Å². The molecule has 1 aromatic heterocycles. The van der Waals surface area contributed by atoms with E-state index in [1.54, 1.807) is 0 Å². The van der Waals surface area contributed by atoms with E-state index in [1.807, 2.05) is 0 Å². The fourth-order valence-electron chi connectivity index (χ4n) is 3.09. The first-order valence-electron chi connectivity index (χ1n) is 7.40. The van der Waals surface area contributed by atoms with Gasteiger partial charge in [-0.15, -0.1) is 0 Å². The second-order valence-electron chi connectivity index (χ2n) is 6.74. The summed E-state index contributed by atoms with van der Waals surface area (Å²) in [6.45, 7) is 10.3. The summed E-state index contributed by atoms with van der Waals surface area (Å²) in [5, 5.41) is 3.36. The minimum absolute atomic E-state index is 0.262. The van der Waals surface area contributed by atoms with Crippen LogP contribution in [0.25, 0.3) is 0 Å². The molecular weight excluding hydrogens is 252 g/mol. The van der Waals surface area contributed by atoms with Gasteiger partial charge in [0.1, 0.15) is 5.82 Å². The van der Waals surface area contributed by atoms with E-state index in [1.165, 1.54) is 5.69 Å². The van der Waals surface area contributed by atoms with Crippen molar-refractivity contribution in [2.75, 3.05) is 6.54 Å². The maximum atomic E-state index is 11.4. The Morgan fingerprint density at radius 1 is 1.50 bits per heavy atom. The number of nitrogens with two attached hydrogens (primary N) is 1. The molecule has 1 aliphatic rings. The minimum atomic E-state index is -0.312. The Labute approximate surface area is 120 Å². The maximum Gasteiger partial charge on any atom is 0.219 e. The van der Waals surface area contributed by atoms with E-state index in [0.717, 1.165) is 37.4 Å². The monoisotopic (exact) mass is 278 g/mol. The SMILES string of the molecule is CC(C)Cc1nc2c(n1C(C)(C)CC(N)=O)CCNC2. The molecule has 0 atom stereocenters. The molecule has 0 unspecified atom stereocenters.